The molecule has 0 radical (unpaired) electrons. The van der Waals surface area contributed by atoms with Gasteiger partial charge in [-0.25, -0.2) is 0 Å². The predicted molar refractivity (Wildman–Crippen MR) is 30.0 cm³/mol. The van der Waals surface area contributed by atoms with Crippen LogP contribution in [0.5, 0.6) is 0 Å². The molecule has 0 aliphatic carbocycles. The Bertz CT molecular complexity index is 103. The van der Waals surface area contributed by atoms with Crippen LogP contribution in [0.15, 0.2) is 0 Å². The first-order chi connectivity index (χ1) is 4.63. The molecule has 0 aromatic rings. The summed E-state index contributed by atoms with van der Waals surface area (Å²) in [4.78, 5) is 0. The molecule has 1 rings (SSSR count). The molecule has 0 amide bonds. The minimum absolute atomic E-state index is 0.153. The van der Waals surface area contributed by atoms with Gasteiger partial charge in [-0.2, -0.15) is 0 Å². The minimum atomic E-state index is -1.41. The number of hydrogen-bond acceptors (Lipinski definition) is 5. The van der Waals surface area contributed by atoms with Crippen LogP contribution in [0.4, 0.5) is 0 Å². The molecule has 4 atom stereocenters. The Balaban J connectivity index is 2.52. The van der Waals surface area contributed by atoms with E-state index in [1.54, 1.807) is 0 Å². The Morgan fingerprint density at radius 1 is 1.00 bits per heavy atom. The summed E-state index contributed by atoms with van der Waals surface area (Å²) in [5, 5.41) is 35.3. The average Bonchev–Trinajstić information content (AvgIpc) is 1.93. The Kier molecular flexibility index (Phi) is 2.22. The van der Waals surface area contributed by atoms with Gasteiger partial charge in [0.2, 0.25) is 0 Å². The van der Waals surface area contributed by atoms with E-state index in [0.29, 0.717) is 0 Å². The Hall–Kier alpha value is -0.200. The molecule has 60 valence electrons. The zero-order valence-electron chi connectivity index (χ0n) is 5.21. The number of aliphatic hydroxyl groups excluding tert-OH is 4. The van der Waals surface area contributed by atoms with E-state index < -0.39 is 24.6 Å². The summed E-state index contributed by atoms with van der Waals surface area (Å²) < 4.78 is 4.47. The molecule has 5 nitrogen and oxygen atoms in total. The van der Waals surface area contributed by atoms with Crippen LogP contribution in [0.25, 0.3) is 0 Å². The van der Waals surface area contributed by atoms with E-state index in [-0.39, 0.29) is 6.61 Å². The average molecular weight is 150 g/mol. The van der Waals surface area contributed by atoms with Gasteiger partial charge in [-0.15, -0.1) is 0 Å². The first-order valence-corrected chi connectivity index (χ1v) is 2.97. The molecule has 1 fully saturated rings. The lowest BCUT2D eigenvalue weighted by atomic mass is 10.1. The van der Waals surface area contributed by atoms with Crippen LogP contribution in [0, 0.1) is 0 Å². The van der Waals surface area contributed by atoms with E-state index >= 15 is 0 Å². The van der Waals surface area contributed by atoms with Gasteiger partial charge in [0.15, 0.2) is 6.29 Å². The molecule has 0 aromatic heterocycles. The summed E-state index contributed by atoms with van der Waals surface area (Å²) in [5.41, 5.74) is 0. The van der Waals surface area contributed by atoms with E-state index in [4.69, 9.17) is 20.4 Å². The lowest BCUT2D eigenvalue weighted by molar-refractivity contribution is -0.252. The summed E-state index contributed by atoms with van der Waals surface area (Å²) in [7, 11) is 0. The second-order valence-corrected chi connectivity index (χ2v) is 2.27. The van der Waals surface area contributed by atoms with Crippen molar-refractivity contribution in [3.63, 3.8) is 0 Å². The fourth-order valence-electron chi connectivity index (χ4n) is 0.791. The predicted octanol–water partition coefficient (Wildman–Crippen LogP) is -2.58. The fraction of sp³-hybridized carbons (Fsp3) is 1.00. The van der Waals surface area contributed by atoms with Crippen molar-refractivity contribution in [2.75, 3.05) is 6.61 Å². The number of ether oxygens (including phenoxy) is 1. The highest BCUT2D eigenvalue weighted by atomic mass is 16.6. The van der Waals surface area contributed by atoms with Gasteiger partial charge in [-0.05, 0) is 0 Å². The second kappa shape index (κ2) is 2.81. The topological polar surface area (TPSA) is 90.2 Å². The molecule has 1 unspecified atom stereocenters. The van der Waals surface area contributed by atoms with Gasteiger partial charge in [-0.1, -0.05) is 0 Å². The molecule has 0 bridgehead atoms. The van der Waals surface area contributed by atoms with Crippen LogP contribution in [-0.4, -0.2) is 51.6 Å². The summed E-state index contributed by atoms with van der Waals surface area (Å²) in [5.74, 6) is 0. The van der Waals surface area contributed by atoms with Gasteiger partial charge in [0.05, 0.1) is 6.61 Å². The Morgan fingerprint density at radius 2 is 1.60 bits per heavy atom. The van der Waals surface area contributed by atoms with Crippen molar-refractivity contribution >= 4 is 0 Å². The van der Waals surface area contributed by atoms with Crippen molar-refractivity contribution in [2.24, 2.45) is 0 Å². The van der Waals surface area contributed by atoms with Crippen molar-refractivity contribution in [2.45, 2.75) is 24.6 Å². The van der Waals surface area contributed by atoms with Crippen LogP contribution >= 0.6 is 0 Å². The zero-order chi connectivity index (χ0) is 7.72. The second-order valence-electron chi connectivity index (χ2n) is 2.27. The standard InChI is InChI=1S/C5H10O5/c6-2-1-10-5(9)4(8)3(2)7/h2-9H,1H2/t2?,3-,4+,5-/m1/s1. The summed E-state index contributed by atoms with van der Waals surface area (Å²) in [6, 6.07) is 0. The van der Waals surface area contributed by atoms with E-state index in [1.165, 1.54) is 0 Å². The number of aliphatic hydroxyl groups is 4. The quantitative estimate of drug-likeness (QED) is 0.304. The third kappa shape index (κ3) is 1.28. The van der Waals surface area contributed by atoms with Crippen LogP contribution < -0.4 is 0 Å². The SMILES string of the molecule is OC1CO[C@@H](O)[C@@H](O)[C@@H]1O. The van der Waals surface area contributed by atoms with Crippen molar-refractivity contribution in [1.82, 2.24) is 0 Å². The molecular formula is C5H10O5. The van der Waals surface area contributed by atoms with E-state index in [2.05, 4.69) is 4.74 Å². The van der Waals surface area contributed by atoms with Crippen molar-refractivity contribution in [3.05, 3.63) is 0 Å². The van der Waals surface area contributed by atoms with Gasteiger partial charge in [0.1, 0.15) is 18.3 Å². The van der Waals surface area contributed by atoms with E-state index in [9.17, 15) is 0 Å². The highest BCUT2D eigenvalue weighted by Crippen LogP contribution is 2.12. The monoisotopic (exact) mass is 150 g/mol. The molecule has 1 heterocycles. The molecule has 0 saturated carbocycles. The van der Waals surface area contributed by atoms with Gasteiger partial charge >= 0.3 is 0 Å². The van der Waals surface area contributed by atoms with Crippen LogP contribution in [0.2, 0.25) is 0 Å². The van der Waals surface area contributed by atoms with Crippen LogP contribution in [0.1, 0.15) is 0 Å². The zero-order valence-corrected chi connectivity index (χ0v) is 5.21. The largest absolute Gasteiger partial charge is 0.388 e. The van der Waals surface area contributed by atoms with Crippen molar-refractivity contribution in [3.8, 4) is 0 Å². The maximum absolute atomic E-state index is 8.88. The molecule has 4 N–H and O–H groups in total. The summed E-state index contributed by atoms with van der Waals surface area (Å²) in [6.07, 6.45) is -5.23. The number of rotatable bonds is 0. The highest BCUT2D eigenvalue weighted by Gasteiger charge is 2.36. The molecule has 5 heteroatoms. The van der Waals surface area contributed by atoms with Crippen molar-refractivity contribution in [1.29, 1.82) is 0 Å². The molecule has 10 heavy (non-hydrogen) atoms. The lowest BCUT2D eigenvalue weighted by Crippen LogP contribution is -2.52. The molecule has 1 aliphatic rings. The molecule has 0 aromatic carbocycles. The minimum Gasteiger partial charge on any atom is -0.388 e. The normalized spacial score (nSPS) is 49.2. The maximum atomic E-state index is 8.88. The molecule has 0 spiro atoms. The molecule has 1 saturated heterocycles. The smallest absolute Gasteiger partial charge is 0.183 e. The third-order valence-corrected chi connectivity index (χ3v) is 1.47. The van der Waals surface area contributed by atoms with Crippen LogP contribution in [0.3, 0.4) is 0 Å². The van der Waals surface area contributed by atoms with Gasteiger partial charge in [-0.3, -0.25) is 0 Å². The van der Waals surface area contributed by atoms with Gasteiger partial charge in [0, 0.05) is 0 Å². The molecule has 1 aliphatic heterocycles. The van der Waals surface area contributed by atoms with Gasteiger partial charge < -0.3 is 25.2 Å². The fourth-order valence-corrected chi connectivity index (χ4v) is 0.791. The number of hydrogen-bond donors (Lipinski definition) is 4. The molecular weight excluding hydrogens is 140 g/mol. The summed E-state index contributed by atoms with van der Waals surface area (Å²) >= 11 is 0. The van der Waals surface area contributed by atoms with E-state index in [0.717, 1.165) is 0 Å². The first-order valence-electron chi connectivity index (χ1n) is 2.97. The van der Waals surface area contributed by atoms with Crippen LogP contribution in [-0.2, 0) is 4.74 Å². The third-order valence-electron chi connectivity index (χ3n) is 1.47. The Labute approximate surface area is 57.5 Å². The maximum Gasteiger partial charge on any atom is 0.183 e. The Morgan fingerprint density at radius 3 is 2.10 bits per heavy atom. The first kappa shape index (κ1) is 7.90. The lowest BCUT2D eigenvalue weighted by Gasteiger charge is -2.31. The van der Waals surface area contributed by atoms with Gasteiger partial charge in [0.25, 0.3) is 0 Å². The highest BCUT2D eigenvalue weighted by molar-refractivity contribution is 4.81. The summed E-state index contributed by atoms with van der Waals surface area (Å²) in [6.45, 7) is -0.153. The van der Waals surface area contributed by atoms with Crippen molar-refractivity contribution < 1.29 is 25.2 Å². The van der Waals surface area contributed by atoms with E-state index in [1.807, 2.05) is 0 Å².